The lowest BCUT2D eigenvalue weighted by atomic mass is 10.1. The maximum atomic E-state index is 12.9. The quantitative estimate of drug-likeness (QED) is 0.609. The number of nitrogens with zero attached hydrogens (tertiary/aromatic N) is 2. The van der Waals surface area contributed by atoms with Crippen molar-refractivity contribution in [1.29, 1.82) is 0 Å². The second kappa shape index (κ2) is 7.25. The summed E-state index contributed by atoms with van der Waals surface area (Å²) in [4.78, 5) is 14.7. The molecule has 5 nitrogen and oxygen atoms in total. The summed E-state index contributed by atoms with van der Waals surface area (Å²) in [6.07, 6.45) is 1.85. The van der Waals surface area contributed by atoms with Crippen LogP contribution in [0, 0.1) is 0 Å². The van der Waals surface area contributed by atoms with E-state index in [9.17, 15) is 4.79 Å². The summed E-state index contributed by atoms with van der Waals surface area (Å²) in [5, 5.41) is 0. The van der Waals surface area contributed by atoms with Gasteiger partial charge in [0.25, 0.3) is 5.91 Å². The van der Waals surface area contributed by atoms with Gasteiger partial charge in [0, 0.05) is 24.7 Å². The van der Waals surface area contributed by atoms with Crippen LogP contribution in [0.3, 0.4) is 0 Å². The normalized spacial score (nSPS) is 16.6. The Kier molecular flexibility index (Phi) is 5.24. The van der Waals surface area contributed by atoms with Crippen molar-refractivity contribution in [2.24, 2.45) is 0 Å². The van der Waals surface area contributed by atoms with Crippen LogP contribution in [0.4, 0.5) is 0 Å². The Morgan fingerprint density at radius 2 is 2.04 bits per heavy atom. The van der Waals surface area contributed by atoms with Gasteiger partial charge in [-0.1, -0.05) is 6.08 Å². The molecule has 1 aliphatic heterocycles. The van der Waals surface area contributed by atoms with Crippen LogP contribution >= 0.6 is 31.9 Å². The fourth-order valence-corrected chi connectivity index (χ4v) is 3.99. The van der Waals surface area contributed by atoms with Crippen molar-refractivity contribution in [3.05, 3.63) is 57.3 Å². The molecule has 0 N–H and O–H groups in total. The third-order valence-electron chi connectivity index (χ3n) is 4.30. The number of fused-ring (bicyclic) bond motifs is 1. The fourth-order valence-electron chi connectivity index (χ4n) is 3.02. The maximum Gasteiger partial charge on any atom is 0.270 e. The Balaban J connectivity index is 1.94. The Morgan fingerprint density at radius 1 is 1.28 bits per heavy atom. The molecular weight excluding hydrogens is 452 g/mol. The van der Waals surface area contributed by atoms with E-state index in [1.807, 2.05) is 39.8 Å². The molecular formula is C18H18Br2N2O3. The van der Waals surface area contributed by atoms with Gasteiger partial charge in [0.15, 0.2) is 0 Å². The standard InChI is InChI=1S/C18H18Br2N2O3/c1-4-12-10-21(18(23)15-8-14(19)17(20)22(12)15)9-11-5-6-13(24-2)7-16(11)25-3/h4-8,12H,1,9-10H2,2-3H3/t12-/m1/s1. The smallest absolute Gasteiger partial charge is 0.270 e. The monoisotopic (exact) mass is 468 g/mol. The summed E-state index contributed by atoms with van der Waals surface area (Å²) in [5.41, 5.74) is 1.56. The summed E-state index contributed by atoms with van der Waals surface area (Å²) in [5.74, 6) is 1.39. The van der Waals surface area contributed by atoms with Crippen LogP contribution in [0.5, 0.6) is 11.5 Å². The predicted molar refractivity (Wildman–Crippen MR) is 103 cm³/mol. The van der Waals surface area contributed by atoms with Gasteiger partial charge < -0.3 is 18.9 Å². The van der Waals surface area contributed by atoms with Gasteiger partial charge in [-0.05, 0) is 50.1 Å². The number of amides is 1. The lowest BCUT2D eigenvalue weighted by Gasteiger charge is -2.34. The number of carbonyl (C=O) groups excluding carboxylic acids is 1. The van der Waals surface area contributed by atoms with Crippen molar-refractivity contribution < 1.29 is 14.3 Å². The summed E-state index contributed by atoms with van der Waals surface area (Å²) in [6.45, 7) is 4.92. The zero-order chi connectivity index (χ0) is 18.1. The lowest BCUT2D eigenvalue weighted by Crippen LogP contribution is -2.41. The first-order valence-electron chi connectivity index (χ1n) is 7.69. The van der Waals surface area contributed by atoms with Crippen molar-refractivity contribution >= 4 is 37.8 Å². The number of carbonyl (C=O) groups is 1. The molecule has 1 aliphatic rings. The van der Waals surface area contributed by atoms with Gasteiger partial charge in [-0.15, -0.1) is 6.58 Å². The average Bonchev–Trinajstić information content (AvgIpc) is 2.93. The van der Waals surface area contributed by atoms with Crippen LogP contribution in [0.15, 0.2) is 46.0 Å². The van der Waals surface area contributed by atoms with E-state index in [0.717, 1.165) is 20.4 Å². The van der Waals surface area contributed by atoms with E-state index in [2.05, 4.69) is 38.4 Å². The number of ether oxygens (including phenoxy) is 2. The Hall–Kier alpha value is -1.73. The molecule has 1 atom stereocenters. The summed E-state index contributed by atoms with van der Waals surface area (Å²) >= 11 is 7.01. The van der Waals surface area contributed by atoms with Gasteiger partial charge in [0.05, 0.1) is 24.7 Å². The van der Waals surface area contributed by atoms with E-state index < -0.39 is 0 Å². The molecule has 0 saturated carbocycles. The molecule has 7 heteroatoms. The molecule has 132 valence electrons. The van der Waals surface area contributed by atoms with Crippen molar-refractivity contribution in [3.63, 3.8) is 0 Å². The third kappa shape index (κ3) is 3.22. The minimum atomic E-state index is -0.0256. The number of rotatable bonds is 5. The van der Waals surface area contributed by atoms with Crippen LogP contribution in [0.2, 0.25) is 0 Å². The summed E-state index contributed by atoms with van der Waals surface area (Å²) in [7, 11) is 3.23. The van der Waals surface area contributed by atoms with Crippen LogP contribution in [-0.2, 0) is 6.54 Å². The molecule has 1 aromatic heterocycles. The molecule has 2 heterocycles. The minimum absolute atomic E-state index is 0.00221. The van der Waals surface area contributed by atoms with E-state index >= 15 is 0 Å². The molecule has 0 saturated heterocycles. The maximum absolute atomic E-state index is 12.9. The third-order valence-corrected chi connectivity index (χ3v) is 6.25. The van der Waals surface area contributed by atoms with Gasteiger partial charge >= 0.3 is 0 Å². The van der Waals surface area contributed by atoms with Crippen molar-refractivity contribution in [3.8, 4) is 11.5 Å². The zero-order valence-corrected chi connectivity index (χ0v) is 17.1. The van der Waals surface area contributed by atoms with Crippen molar-refractivity contribution in [2.45, 2.75) is 12.6 Å². The Morgan fingerprint density at radius 3 is 2.68 bits per heavy atom. The highest BCUT2D eigenvalue weighted by Crippen LogP contribution is 2.36. The second-order valence-corrected chi connectivity index (χ2v) is 7.31. The summed E-state index contributed by atoms with van der Waals surface area (Å²) in [6, 6.07) is 7.45. The number of methoxy groups -OCH3 is 2. The van der Waals surface area contributed by atoms with Gasteiger partial charge in [0.2, 0.25) is 0 Å². The molecule has 1 amide bonds. The first-order valence-corrected chi connectivity index (χ1v) is 9.27. The molecule has 0 aliphatic carbocycles. The molecule has 1 aromatic carbocycles. The van der Waals surface area contributed by atoms with E-state index in [1.54, 1.807) is 14.2 Å². The van der Waals surface area contributed by atoms with E-state index in [0.29, 0.717) is 24.5 Å². The van der Waals surface area contributed by atoms with E-state index in [-0.39, 0.29) is 11.9 Å². The van der Waals surface area contributed by atoms with E-state index in [4.69, 9.17) is 9.47 Å². The number of hydrogen-bond donors (Lipinski definition) is 0. The highest BCUT2D eigenvalue weighted by molar-refractivity contribution is 9.13. The molecule has 2 aromatic rings. The average molecular weight is 470 g/mol. The Bertz CT molecular complexity index is 832. The first kappa shape index (κ1) is 18.1. The zero-order valence-electron chi connectivity index (χ0n) is 14.0. The van der Waals surface area contributed by atoms with Crippen molar-refractivity contribution in [1.82, 2.24) is 9.47 Å². The van der Waals surface area contributed by atoms with Crippen molar-refractivity contribution in [2.75, 3.05) is 20.8 Å². The number of halogens is 2. The van der Waals surface area contributed by atoms with Crippen LogP contribution < -0.4 is 9.47 Å². The minimum Gasteiger partial charge on any atom is -0.497 e. The SMILES string of the molecule is C=C[C@@H]1CN(Cc2ccc(OC)cc2OC)C(=O)c2cc(Br)c(Br)n21. The largest absolute Gasteiger partial charge is 0.497 e. The highest BCUT2D eigenvalue weighted by atomic mass is 79.9. The number of benzene rings is 1. The fraction of sp³-hybridized carbons (Fsp3) is 0.278. The molecule has 25 heavy (non-hydrogen) atoms. The molecule has 0 spiro atoms. The molecule has 3 rings (SSSR count). The van der Waals surface area contributed by atoms with Gasteiger partial charge in [-0.25, -0.2) is 0 Å². The van der Waals surface area contributed by atoms with Crippen LogP contribution in [-0.4, -0.2) is 36.1 Å². The van der Waals surface area contributed by atoms with Gasteiger partial charge in [0.1, 0.15) is 21.8 Å². The topological polar surface area (TPSA) is 43.7 Å². The lowest BCUT2D eigenvalue weighted by molar-refractivity contribution is 0.0671. The number of hydrogen-bond acceptors (Lipinski definition) is 3. The predicted octanol–water partition coefficient (Wildman–Crippen LogP) is 4.41. The Labute approximate surface area is 163 Å². The van der Waals surface area contributed by atoms with Gasteiger partial charge in [-0.3, -0.25) is 4.79 Å². The first-order chi connectivity index (χ1) is 12.0. The summed E-state index contributed by atoms with van der Waals surface area (Å²) < 4.78 is 14.3. The molecule has 0 radical (unpaired) electrons. The van der Waals surface area contributed by atoms with Gasteiger partial charge in [-0.2, -0.15) is 0 Å². The molecule has 0 unspecified atom stereocenters. The number of aromatic nitrogens is 1. The molecule has 0 fully saturated rings. The van der Waals surface area contributed by atoms with E-state index in [1.165, 1.54) is 0 Å². The highest BCUT2D eigenvalue weighted by Gasteiger charge is 2.32. The van der Waals surface area contributed by atoms with Crippen LogP contribution in [0.25, 0.3) is 0 Å². The second-order valence-electron chi connectivity index (χ2n) is 5.70. The van der Waals surface area contributed by atoms with Crippen LogP contribution in [0.1, 0.15) is 22.1 Å². The molecule has 0 bridgehead atoms.